The van der Waals surface area contributed by atoms with Gasteiger partial charge in [-0.2, -0.15) is 0 Å². The van der Waals surface area contributed by atoms with Gasteiger partial charge in [-0.3, -0.25) is 0 Å². The summed E-state index contributed by atoms with van der Waals surface area (Å²) in [5.74, 6) is -0.583. The second-order valence-corrected chi connectivity index (χ2v) is 0.556. The van der Waals surface area contributed by atoms with Gasteiger partial charge in [-0.25, -0.2) is 0 Å². The minimum absolute atomic E-state index is 0. The van der Waals surface area contributed by atoms with Crippen LogP contribution in [0.5, 0.6) is 0 Å². The van der Waals surface area contributed by atoms with Crippen LogP contribution in [-0.4, -0.2) is 5.91 Å². The molecule has 0 fully saturated rings. The Morgan fingerprint density at radius 2 is 1.80 bits per heavy atom. The van der Waals surface area contributed by atoms with Crippen molar-refractivity contribution in [3.63, 3.8) is 0 Å². The molecule has 0 aliphatic rings. The van der Waals surface area contributed by atoms with Crippen LogP contribution >= 0.6 is 0 Å². The van der Waals surface area contributed by atoms with Crippen LogP contribution in [0.2, 0.25) is 0 Å². The van der Waals surface area contributed by atoms with Crippen LogP contribution in [-0.2, 0) is 4.79 Å². The SMILES string of the molecule is CC([NH-])=O.[Pr+3]. The van der Waals surface area contributed by atoms with E-state index in [9.17, 15) is 0 Å². The van der Waals surface area contributed by atoms with E-state index in [0.717, 1.165) is 0 Å². The summed E-state index contributed by atoms with van der Waals surface area (Å²) in [6, 6.07) is 0. The molecule has 0 aromatic rings. The predicted molar refractivity (Wildman–Crippen MR) is 15.0 cm³/mol. The fourth-order valence-electron chi connectivity index (χ4n) is 0. The third-order valence-corrected chi connectivity index (χ3v) is 0. The summed E-state index contributed by atoms with van der Waals surface area (Å²) in [6.07, 6.45) is 0. The van der Waals surface area contributed by atoms with Crippen molar-refractivity contribution >= 4 is 5.91 Å². The Bertz CT molecular complexity index is 32.6. The van der Waals surface area contributed by atoms with Gasteiger partial charge in [0.05, 0.1) is 0 Å². The van der Waals surface area contributed by atoms with E-state index < -0.39 is 5.91 Å². The zero-order valence-corrected chi connectivity index (χ0v) is 6.69. The molecule has 1 N–H and O–H groups in total. The number of nitrogens with one attached hydrogen (secondary N) is 1. The zero-order chi connectivity index (χ0) is 3.58. The number of carbonyl (C=O) groups is 1. The molecule has 0 aromatic carbocycles. The van der Waals surface area contributed by atoms with Gasteiger partial charge in [0.15, 0.2) is 0 Å². The van der Waals surface area contributed by atoms with Gasteiger partial charge in [-0.15, -0.1) is 0 Å². The molecule has 0 unspecified atom stereocenters. The van der Waals surface area contributed by atoms with Gasteiger partial charge in [0, 0.05) is 5.91 Å². The van der Waals surface area contributed by atoms with Gasteiger partial charge in [-0.1, -0.05) is 0 Å². The Balaban J connectivity index is 0. The zero-order valence-electron chi connectivity index (χ0n) is 2.99. The van der Waals surface area contributed by atoms with E-state index in [1.807, 2.05) is 0 Å². The van der Waals surface area contributed by atoms with Crippen LogP contribution in [0.25, 0.3) is 5.73 Å². The van der Waals surface area contributed by atoms with Gasteiger partial charge in [0.2, 0.25) is 0 Å². The van der Waals surface area contributed by atoms with Crippen LogP contribution in [0.3, 0.4) is 0 Å². The molecule has 0 heterocycles. The first kappa shape index (κ1) is 9.27. The van der Waals surface area contributed by atoms with E-state index in [1.165, 1.54) is 6.92 Å². The summed E-state index contributed by atoms with van der Waals surface area (Å²) < 4.78 is 0. The summed E-state index contributed by atoms with van der Waals surface area (Å²) in [5.41, 5.74) is 5.94. The Hall–Kier alpha value is 0.834. The average Bonchev–Trinajstić information content (AvgIpc) is 0.811. The van der Waals surface area contributed by atoms with E-state index in [-0.39, 0.29) is 41.3 Å². The van der Waals surface area contributed by atoms with Gasteiger partial charge in [0.1, 0.15) is 0 Å². The van der Waals surface area contributed by atoms with E-state index >= 15 is 0 Å². The van der Waals surface area contributed by atoms with Crippen molar-refractivity contribution in [1.82, 2.24) is 0 Å². The molecular formula is C2H4NOPr+2. The maximum Gasteiger partial charge on any atom is 3.00 e. The minimum Gasteiger partial charge on any atom is -0.668 e. The molecule has 0 spiro atoms. The van der Waals surface area contributed by atoms with Gasteiger partial charge in [-0.05, 0) is 6.92 Å². The van der Waals surface area contributed by atoms with Crippen LogP contribution in [0, 0.1) is 41.3 Å². The molecule has 24 valence electrons. The Morgan fingerprint density at radius 1 is 1.80 bits per heavy atom. The second-order valence-electron chi connectivity index (χ2n) is 0.556. The van der Waals surface area contributed by atoms with Gasteiger partial charge in [0.25, 0.3) is 0 Å². The van der Waals surface area contributed by atoms with Crippen molar-refractivity contribution in [3.05, 3.63) is 5.73 Å². The maximum atomic E-state index is 9.11. The Labute approximate surface area is 64.1 Å². The topological polar surface area (TPSA) is 40.9 Å². The molecule has 0 bridgehead atoms. The number of carbonyl (C=O) groups excluding carboxylic acids is 1. The molecule has 0 aliphatic carbocycles. The number of hydrogen-bond acceptors (Lipinski definition) is 1. The standard InChI is InChI=1S/C2H5NO.Pr/c1-2(3)4;/h1H3,(H2,3,4);/q;+3/p-1. The Kier molecular flexibility index (Phi) is 8.97. The van der Waals surface area contributed by atoms with Crippen LogP contribution < -0.4 is 0 Å². The number of hydrogen-bond donors (Lipinski definition) is 0. The summed E-state index contributed by atoms with van der Waals surface area (Å²) >= 11 is 0. The molecule has 2 nitrogen and oxygen atoms in total. The molecular weight excluding hydrogens is 195 g/mol. The van der Waals surface area contributed by atoms with Crippen LogP contribution in [0.15, 0.2) is 0 Å². The first-order valence-electron chi connectivity index (χ1n) is 0.954. The smallest absolute Gasteiger partial charge is 0.668 e. The molecule has 0 aliphatic heterocycles. The van der Waals surface area contributed by atoms with Gasteiger partial charge < -0.3 is 10.5 Å². The van der Waals surface area contributed by atoms with Crippen LogP contribution in [0.1, 0.15) is 6.92 Å². The molecule has 3 heteroatoms. The Morgan fingerprint density at radius 3 is 1.80 bits per heavy atom. The minimum atomic E-state index is -0.583. The van der Waals surface area contributed by atoms with Crippen molar-refractivity contribution in [2.24, 2.45) is 0 Å². The van der Waals surface area contributed by atoms with E-state index in [0.29, 0.717) is 0 Å². The molecule has 0 saturated heterocycles. The van der Waals surface area contributed by atoms with Crippen molar-refractivity contribution in [2.75, 3.05) is 0 Å². The fourth-order valence-corrected chi connectivity index (χ4v) is 0. The monoisotopic (exact) mass is 199 g/mol. The third kappa shape index (κ3) is 55.8. The van der Waals surface area contributed by atoms with Crippen molar-refractivity contribution in [3.8, 4) is 0 Å². The summed E-state index contributed by atoms with van der Waals surface area (Å²) in [5, 5.41) is 0. The van der Waals surface area contributed by atoms with E-state index in [4.69, 9.17) is 10.5 Å². The molecule has 0 radical (unpaired) electrons. The van der Waals surface area contributed by atoms with Crippen molar-refractivity contribution in [2.45, 2.75) is 6.92 Å². The molecule has 1 amide bonds. The summed E-state index contributed by atoms with van der Waals surface area (Å²) in [4.78, 5) is 9.11. The maximum absolute atomic E-state index is 9.11. The van der Waals surface area contributed by atoms with Crippen LogP contribution in [0.4, 0.5) is 0 Å². The molecule has 0 aromatic heterocycles. The molecule has 0 rings (SSSR count). The summed E-state index contributed by atoms with van der Waals surface area (Å²) in [7, 11) is 0. The average molecular weight is 199 g/mol. The summed E-state index contributed by atoms with van der Waals surface area (Å²) in [6.45, 7) is 1.19. The normalized spacial score (nSPS) is 5.00. The largest absolute Gasteiger partial charge is 3.00 e. The predicted octanol–water partition coefficient (Wildman–Crippen LogP) is 0.585. The number of amides is 1. The third-order valence-electron chi connectivity index (χ3n) is 0. The van der Waals surface area contributed by atoms with Crippen molar-refractivity contribution in [1.29, 1.82) is 0 Å². The quantitative estimate of drug-likeness (QED) is 0.562. The molecule has 5 heavy (non-hydrogen) atoms. The van der Waals surface area contributed by atoms with E-state index in [1.54, 1.807) is 0 Å². The fraction of sp³-hybridized carbons (Fsp3) is 0.500. The first-order chi connectivity index (χ1) is 1.73. The van der Waals surface area contributed by atoms with Crippen molar-refractivity contribution < 1.29 is 46.1 Å². The van der Waals surface area contributed by atoms with E-state index in [2.05, 4.69) is 0 Å². The number of rotatable bonds is 0. The van der Waals surface area contributed by atoms with Gasteiger partial charge >= 0.3 is 41.3 Å². The molecule has 0 atom stereocenters. The molecule has 0 saturated carbocycles. The first-order valence-corrected chi connectivity index (χ1v) is 0.954. The second kappa shape index (κ2) is 4.83.